The second kappa shape index (κ2) is 6.83. The summed E-state index contributed by atoms with van der Waals surface area (Å²) >= 11 is 0. The summed E-state index contributed by atoms with van der Waals surface area (Å²) in [4.78, 5) is 30.6. The van der Waals surface area contributed by atoms with Crippen LogP contribution < -0.4 is 5.32 Å². The summed E-state index contributed by atoms with van der Waals surface area (Å²) in [5.74, 6) is 0.0791. The van der Waals surface area contributed by atoms with E-state index in [-0.39, 0.29) is 24.2 Å². The van der Waals surface area contributed by atoms with Gasteiger partial charge < -0.3 is 10.2 Å². The molecule has 1 aliphatic heterocycles. The first kappa shape index (κ1) is 16.2. The fourth-order valence-corrected chi connectivity index (χ4v) is 2.86. The Morgan fingerprint density at radius 2 is 1.96 bits per heavy atom. The summed E-state index contributed by atoms with van der Waals surface area (Å²) in [6.07, 6.45) is 0.253. The first-order chi connectivity index (χ1) is 11.5. The second-order valence-corrected chi connectivity index (χ2v) is 6.31. The lowest BCUT2D eigenvalue weighted by molar-refractivity contribution is -0.128. The van der Waals surface area contributed by atoms with Crippen molar-refractivity contribution in [3.05, 3.63) is 59.3 Å². The molecule has 5 heteroatoms. The van der Waals surface area contributed by atoms with Crippen LogP contribution in [-0.4, -0.2) is 28.2 Å². The van der Waals surface area contributed by atoms with Crippen molar-refractivity contribution in [1.82, 2.24) is 9.88 Å². The molecule has 0 bridgehead atoms. The van der Waals surface area contributed by atoms with Crippen LogP contribution in [0.1, 0.15) is 23.2 Å². The SMILES string of the molecule is Cc1ccc(CN2C[C@@H](C(=O)Nc3cccc(C)n3)CC2=O)cc1. The molecule has 1 saturated heterocycles. The van der Waals surface area contributed by atoms with Crippen LogP contribution in [0.2, 0.25) is 0 Å². The molecular formula is C19H21N3O2. The van der Waals surface area contributed by atoms with Crippen molar-refractivity contribution < 1.29 is 9.59 Å². The number of pyridine rings is 1. The third kappa shape index (κ3) is 3.79. The van der Waals surface area contributed by atoms with Crippen LogP contribution in [0.3, 0.4) is 0 Å². The molecule has 0 saturated carbocycles. The van der Waals surface area contributed by atoms with Gasteiger partial charge in [0, 0.05) is 25.2 Å². The van der Waals surface area contributed by atoms with Crippen LogP contribution in [0, 0.1) is 19.8 Å². The topological polar surface area (TPSA) is 62.3 Å². The molecule has 3 rings (SSSR count). The van der Waals surface area contributed by atoms with Gasteiger partial charge in [0.15, 0.2) is 0 Å². The van der Waals surface area contributed by atoms with Gasteiger partial charge in [0.05, 0.1) is 5.92 Å². The third-order valence-electron chi connectivity index (χ3n) is 4.22. The Balaban J connectivity index is 1.61. The molecule has 0 unspecified atom stereocenters. The average molecular weight is 323 g/mol. The zero-order chi connectivity index (χ0) is 17.1. The molecule has 1 N–H and O–H groups in total. The molecule has 0 spiro atoms. The number of aryl methyl sites for hydroxylation is 2. The predicted octanol–water partition coefficient (Wildman–Crippen LogP) is 2.69. The number of hydrogen-bond donors (Lipinski definition) is 1. The van der Waals surface area contributed by atoms with Gasteiger partial charge in [-0.25, -0.2) is 4.98 Å². The molecule has 5 nitrogen and oxygen atoms in total. The Labute approximate surface area is 141 Å². The van der Waals surface area contributed by atoms with Crippen LogP contribution >= 0.6 is 0 Å². The molecular weight excluding hydrogens is 302 g/mol. The average Bonchev–Trinajstić information content (AvgIpc) is 2.91. The molecule has 1 atom stereocenters. The first-order valence-electron chi connectivity index (χ1n) is 8.09. The molecule has 2 amide bonds. The molecule has 124 valence electrons. The lowest BCUT2D eigenvalue weighted by atomic mass is 10.1. The third-order valence-corrected chi connectivity index (χ3v) is 4.22. The van der Waals surface area contributed by atoms with Crippen LogP contribution in [0.4, 0.5) is 5.82 Å². The smallest absolute Gasteiger partial charge is 0.230 e. The highest BCUT2D eigenvalue weighted by atomic mass is 16.2. The van der Waals surface area contributed by atoms with E-state index in [9.17, 15) is 9.59 Å². The minimum atomic E-state index is -0.328. The predicted molar refractivity (Wildman–Crippen MR) is 92.3 cm³/mol. The molecule has 2 heterocycles. The Morgan fingerprint density at radius 1 is 1.21 bits per heavy atom. The molecule has 24 heavy (non-hydrogen) atoms. The maximum Gasteiger partial charge on any atom is 0.230 e. The van der Waals surface area contributed by atoms with E-state index in [1.54, 1.807) is 11.0 Å². The molecule has 1 aromatic carbocycles. The van der Waals surface area contributed by atoms with E-state index in [0.29, 0.717) is 18.9 Å². The van der Waals surface area contributed by atoms with E-state index in [1.807, 2.05) is 50.2 Å². The van der Waals surface area contributed by atoms with Crippen molar-refractivity contribution in [2.24, 2.45) is 5.92 Å². The summed E-state index contributed by atoms with van der Waals surface area (Å²) in [5.41, 5.74) is 3.11. The molecule has 2 aromatic rings. The molecule has 0 aliphatic carbocycles. The lowest BCUT2D eigenvalue weighted by Crippen LogP contribution is -2.28. The summed E-state index contributed by atoms with van der Waals surface area (Å²) < 4.78 is 0. The normalized spacial score (nSPS) is 17.2. The van der Waals surface area contributed by atoms with Crippen molar-refractivity contribution >= 4 is 17.6 Å². The number of rotatable bonds is 4. The first-order valence-corrected chi connectivity index (χ1v) is 8.09. The highest BCUT2D eigenvalue weighted by Crippen LogP contribution is 2.22. The number of carbonyl (C=O) groups is 2. The number of likely N-dealkylation sites (tertiary alicyclic amines) is 1. The van der Waals surface area contributed by atoms with Crippen molar-refractivity contribution in [1.29, 1.82) is 0 Å². The van der Waals surface area contributed by atoms with Gasteiger partial charge in [-0.3, -0.25) is 9.59 Å². The van der Waals surface area contributed by atoms with Crippen LogP contribution in [0.15, 0.2) is 42.5 Å². The number of anilines is 1. The van der Waals surface area contributed by atoms with Gasteiger partial charge in [0.2, 0.25) is 11.8 Å². The van der Waals surface area contributed by atoms with Gasteiger partial charge in [-0.05, 0) is 31.5 Å². The number of hydrogen-bond acceptors (Lipinski definition) is 3. The zero-order valence-corrected chi connectivity index (χ0v) is 14.0. The summed E-state index contributed by atoms with van der Waals surface area (Å²) in [6.45, 7) is 4.90. The van der Waals surface area contributed by atoms with Crippen molar-refractivity contribution in [2.45, 2.75) is 26.8 Å². The number of nitrogens with zero attached hydrogens (tertiary/aromatic N) is 2. The maximum absolute atomic E-state index is 12.4. The standard InChI is InChI=1S/C19H21N3O2/c1-13-6-8-15(9-7-13)11-22-12-16(10-18(22)23)19(24)21-17-5-3-4-14(2)20-17/h3-9,16H,10-12H2,1-2H3,(H,20,21,24)/t16-/m0/s1. The van der Waals surface area contributed by atoms with Gasteiger partial charge in [0.1, 0.15) is 5.82 Å². The fraction of sp³-hybridized carbons (Fsp3) is 0.316. The van der Waals surface area contributed by atoms with E-state index in [1.165, 1.54) is 5.56 Å². The highest BCUT2D eigenvalue weighted by Gasteiger charge is 2.34. The quantitative estimate of drug-likeness (QED) is 0.941. The van der Waals surface area contributed by atoms with Gasteiger partial charge in [-0.15, -0.1) is 0 Å². The summed E-state index contributed by atoms with van der Waals surface area (Å²) in [6, 6.07) is 13.6. The van der Waals surface area contributed by atoms with Crippen LogP contribution in [-0.2, 0) is 16.1 Å². The summed E-state index contributed by atoms with van der Waals surface area (Å²) in [5, 5.41) is 2.81. The number of nitrogens with one attached hydrogen (secondary N) is 1. The number of amides is 2. The van der Waals surface area contributed by atoms with Crippen molar-refractivity contribution in [3.63, 3.8) is 0 Å². The number of carbonyl (C=O) groups excluding carboxylic acids is 2. The second-order valence-electron chi connectivity index (χ2n) is 6.31. The van der Waals surface area contributed by atoms with Gasteiger partial charge in [0.25, 0.3) is 0 Å². The van der Waals surface area contributed by atoms with E-state index < -0.39 is 0 Å². The van der Waals surface area contributed by atoms with Gasteiger partial charge in [-0.2, -0.15) is 0 Å². The summed E-state index contributed by atoms with van der Waals surface area (Å²) in [7, 11) is 0. The minimum Gasteiger partial charge on any atom is -0.338 e. The number of aromatic nitrogens is 1. The number of benzene rings is 1. The Kier molecular flexibility index (Phi) is 4.60. The molecule has 1 aliphatic rings. The van der Waals surface area contributed by atoms with Crippen LogP contribution in [0.25, 0.3) is 0 Å². The van der Waals surface area contributed by atoms with Crippen LogP contribution in [0.5, 0.6) is 0 Å². The Hall–Kier alpha value is -2.69. The van der Waals surface area contributed by atoms with E-state index in [2.05, 4.69) is 10.3 Å². The molecule has 0 radical (unpaired) electrons. The van der Waals surface area contributed by atoms with E-state index in [4.69, 9.17) is 0 Å². The Morgan fingerprint density at radius 3 is 2.67 bits per heavy atom. The fourth-order valence-electron chi connectivity index (χ4n) is 2.86. The lowest BCUT2D eigenvalue weighted by Gasteiger charge is -2.16. The van der Waals surface area contributed by atoms with E-state index in [0.717, 1.165) is 11.3 Å². The van der Waals surface area contributed by atoms with Crippen molar-refractivity contribution in [3.8, 4) is 0 Å². The van der Waals surface area contributed by atoms with Gasteiger partial charge >= 0.3 is 0 Å². The monoisotopic (exact) mass is 323 g/mol. The van der Waals surface area contributed by atoms with Crippen molar-refractivity contribution in [2.75, 3.05) is 11.9 Å². The highest BCUT2D eigenvalue weighted by molar-refractivity contribution is 5.96. The minimum absolute atomic E-state index is 0.0212. The van der Waals surface area contributed by atoms with E-state index >= 15 is 0 Å². The maximum atomic E-state index is 12.4. The largest absolute Gasteiger partial charge is 0.338 e. The van der Waals surface area contributed by atoms with Gasteiger partial charge in [-0.1, -0.05) is 35.9 Å². The Bertz CT molecular complexity index is 755. The molecule has 1 fully saturated rings. The molecule has 1 aromatic heterocycles. The zero-order valence-electron chi connectivity index (χ0n) is 14.0.